The molecule has 0 rings (SSSR count). The van der Waals surface area contributed by atoms with Gasteiger partial charge in [-0.25, -0.2) is 6.55 Å². The Morgan fingerprint density at radius 1 is 0.667 bits per heavy atom. The fourth-order valence-corrected chi connectivity index (χ4v) is 24.6. The Labute approximate surface area is 150 Å². The van der Waals surface area contributed by atoms with Gasteiger partial charge < -0.3 is 6.66 Å². The number of hydrogen-bond acceptors (Lipinski definition) is 0. The molecule has 0 aromatic rings. The van der Waals surface area contributed by atoms with E-state index in [-0.39, 0.29) is 26.5 Å². The standard InChI is InChI=1S/C17H38P3.Li/c1-14(2,3)19(15(4,5)6)18-20(13,16(7,8)9)17(10,11)12;/h13H2,1-12H3;/q-1;+1. The molecule has 0 heterocycles. The van der Waals surface area contributed by atoms with E-state index in [2.05, 4.69) is 83.1 Å². The molecule has 0 N–H and O–H groups in total. The molecular weight excluding hydrogens is 304 g/mol. The van der Waals surface area contributed by atoms with Crippen molar-refractivity contribution in [3.63, 3.8) is 0 Å². The molecule has 4 heteroatoms. The first-order valence-corrected chi connectivity index (χ1v) is 13.2. The Morgan fingerprint density at radius 2 is 0.905 bits per heavy atom. The van der Waals surface area contributed by atoms with Gasteiger partial charge in [-0.05, 0) is 28.2 Å². The van der Waals surface area contributed by atoms with Crippen LogP contribution in [0.5, 0.6) is 0 Å². The van der Waals surface area contributed by atoms with Crippen LogP contribution >= 0.6 is 21.7 Å². The average Bonchev–Trinajstić information content (AvgIpc) is 2.05. The molecule has 21 heavy (non-hydrogen) atoms. The van der Waals surface area contributed by atoms with Gasteiger partial charge in [-0.15, -0.1) is 7.56 Å². The monoisotopic (exact) mass is 342 g/mol. The van der Waals surface area contributed by atoms with E-state index in [1.807, 2.05) is 0 Å². The molecule has 0 saturated carbocycles. The zero-order valence-electron chi connectivity index (χ0n) is 17.0. The summed E-state index contributed by atoms with van der Waals surface area (Å²) in [6, 6.07) is 0. The number of rotatable bonds is 1. The molecule has 0 unspecified atom stereocenters. The molecule has 0 aliphatic heterocycles. The molecule has 0 aromatic heterocycles. The van der Waals surface area contributed by atoms with Gasteiger partial charge in [0.1, 0.15) is 0 Å². The Bertz CT molecular complexity index is 352. The SMILES string of the molecule is [CH2-]P(=PP(C(C)(C)C)C(C)(C)C)(C(C)(C)C)C(C)(C)C.[Li+]. The van der Waals surface area contributed by atoms with E-state index in [0.29, 0.717) is 20.6 Å². The first-order chi connectivity index (χ1) is 8.34. The number of hydrogen-bond donors (Lipinski definition) is 0. The second-order valence-corrected chi connectivity index (χ2v) is 23.0. The van der Waals surface area contributed by atoms with Crippen LogP contribution in [0.25, 0.3) is 0 Å². The molecule has 0 aliphatic rings. The van der Waals surface area contributed by atoms with E-state index in [9.17, 15) is 0 Å². The van der Waals surface area contributed by atoms with Gasteiger partial charge in [0, 0.05) is 0 Å². The van der Waals surface area contributed by atoms with Crippen molar-refractivity contribution in [1.82, 2.24) is 0 Å². The Hall–Kier alpha value is 1.76. The van der Waals surface area contributed by atoms with Gasteiger partial charge in [0.15, 0.2) is 0 Å². The van der Waals surface area contributed by atoms with Crippen LogP contribution in [0.4, 0.5) is 0 Å². The molecule has 0 amide bonds. The van der Waals surface area contributed by atoms with Crippen molar-refractivity contribution in [3.8, 4) is 0 Å². The van der Waals surface area contributed by atoms with Crippen LogP contribution in [0.1, 0.15) is 83.1 Å². The molecular formula is C17H38LiP3. The Balaban J connectivity index is 0. The van der Waals surface area contributed by atoms with E-state index >= 15 is 0 Å². The van der Waals surface area contributed by atoms with Crippen molar-refractivity contribution in [2.24, 2.45) is 0 Å². The Kier molecular flexibility index (Phi) is 8.73. The normalized spacial score (nSPS) is 15.3. The van der Waals surface area contributed by atoms with E-state index in [0.717, 1.165) is 0 Å². The van der Waals surface area contributed by atoms with Crippen molar-refractivity contribution in [3.05, 3.63) is 6.66 Å². The summed E-state index contributed by atoms with van der Waals surface area (Å²) in [6.45, 7) is 32.5. The maximum absolute atomic E-state index is 4.89. The molecule has 0 nitrogen and oxygen atoms in total. The summed E-state index contributed by atoms with van der Waals surface area (Å²) in [7, 11) is 1.56. The fraction of sp³-hybridized carbons (Fsp3) is 0.941. The molecule has 122 valence electrons. The molecule has 0 bridgehead atoms. The van der Waals surface area contributed by atoms with Crippen LogP contribution in [0.3, 0.4) is 0 Å². The summed E-state index contributed by atoms with van der Waals surface area (Å²) in [5.41, 5.74) is 0. The minimum atomic E-state index is -1.34. The molecule has 0 fully saturated rings. The predicted octanol–water partition coefficient (Wildman–Crippen LogP) is 5.25. The van der Waals surface area contributed by atoms with Crippen LogP contribution in [-0.2, 0) is 0 Å². The summed E-state index contributed by atoms with van der Waals surface area (Å²) in [5, 5.41) is 1.39. The second-order valence-electron chi connectivity index (χ2n) is 9.85. The maximum Gasteiger partial charge on any atom is 1.00 e. The summed E-state index contributed by atoms with van der Waals surface area (Å²) in [6.07, 6.45) is 0. The van der Waals surface area contributed by atoms with Gasteiger partial charge in [0.2, 0.25) is 0 Å². The van der Waals surface area contributed by atoms with Crippen LogP contribution < -0.4 is 18.9 Å². The minimum Gasteiger partial charge on any atom is -0.310 e. The van der Waals surface area contributed by atoms with Crippen LogP contribution in [0, 0.1) is 6.66 Å². The quantitative estimate of drug-likeness (QED) is 0.347. The van der Waals surface area contributed by atoms with Crippen molar-refractivity contribution in [1.29, 1.82) is 0 Å². The van der Waals surface area contributed by atoms with Crippen molar-refractivity contribution in [2.75, 3.05) is 0 Å². The maximum atomic E-state index is 4.89. The molecule has 0 aliphatic carbocycles. The smallest absolute Gasteiger partial charge is 0.310 e. The van der Waals surface area contributed by atoms with E-state index in [1.165, 1.54) is 0 Å². The van der Waals surface area contributed by atoms with Gasteiger partial charge in [0.05, 0.1) is 0 Å². The summed E-state index contributed by atoms with van der Waals surface area (Å²) in [5.74, 6) is 0. The average molecular weight is 342 g/mol. The van der Waals surface area contributed by atoms with Gasteiger partial charge in [-0.2, -0.15) is 0 Å². The minimum absolute atomic E-state index is 0. The third-order valence-electron chi connectivity index (χ3n) is 3.73. The van der Waals surface area contributed by atoms with Crippen LogP contribution in [0.15, 0.2) is 0 Å². The zero-order valence-corrected chi connectivity index (χ0v) is 19.7. The van der Waals surface area contributed by atoms with Gasteiger partial charge in [0.25, 0.3) is 0 Å². The predicted molar refractivity (Wildman–Crippen MR) is 105 cm³/mol. The van der Waals surface area contributed by atoms with Crippen LogP contribution in [0.2, 0.25) is 0 Å². The molecule has 0 saturated heterocycles. The third kappa shape index (κ3) is 6.29. The molecule has 0 radical (unpaired) electrons. The fourth-order valence-electron chi connectivity index (χ4n) is 2.70. The summed E-state index contributed by atoms with van der Waals surface area (Å²) >= 11 is 0. The van der Waals surface area contributed by atoms with Crippen molar-refractivity contribution >= 4 is 21.7 Å². The van der Waals surface area contributed by atoms with E-state index < -0.39 is 6.55 Å². The second kappa shape index (κ2) is 7.33. The first kappa shape index (κ1) is 25.0. The topological polar surface area (TPSA) is 0 Å². The third-order valence-corrected chi connectivity index (χ3v) is 24.2. The summed E-state index contributed by atoms with van der Waals surface area (Å²) < 4.78 is 0. The van der Waals surface area contributed by atoms with Gasteiger partial charge in [-0.1, -0.05) is 83.1 Å². The van der Waals surface area contributed by atoms with Gasteiger partial charge in [-0.3, -0.25) is 0 Å². The largest absolute Gasteiger partial charge is 1.00 e. The molecule has 0 spiro atoms. The van der Waals surface area contributed by atoms with Crippen LogP contribution in [-0.4, -0.2) is 20.6 Å². The first-order valence-electron chi connectivity index (χ1n) is 7.61. The van der Waals surface area contributed by atoms with E-state index in [4.69, 9.17) is 6.66 Å². The zero-order chi connectivity index (χ0) is 16.8. The summed E-state index contributed by atoms with van der Waals surface area (Å²) in [4.78, 5) is 0. The van der Waals surface area contributed by atoms with Crippen molar-refractivity contribution in [2.45, 2.75) is 104 Å². The van der Waals surface area contributed by atoms with E-state index in [1.54, 1.807) is 7.56 Å². The van der Waals surface area contributed by atoms with Crippen molar-refractivity contribution < 1.29 is 18.9 Å². The molecule has 0 atom stereocenters. The van der Waals surface area contributed by atoms with Gasteiger partial charge >= 0.3 is 18.9 Å². The Morgan fingerprint density at radius 3 is 1.05 bits per heavy atom. The molecule has 0 aromatic carbocycles.